The second-order valence-corrected chi connectivity index (χ2v) is 14.7. The Balaban J connectivity index is 2.01. The Kier molecular flexibility index (Phi) is 17.3. The van der Waals surface area contributed by atoms with E-state index in [1.165, 1.54) is 0 Å². The maximum Gasteiger partial charge on any atom is 0.0694 e. The van der Waals surface area contributed by atoms with E-state index < -0.39 is 0 Å². The number of allylic oxidation sites excluding steroid dienone is 4. The molecule has 0 unspecified atom stereocenters. The number of hydrogen-bond acceptors (Lipinski definition) is 10. The monoisotopic (exact) mass is 774 g/mol. The summed E-state index contributed by atoms with van der Waals surface area (Å²) in [7, 11) is 0. The van der Waals surface area contributed by atoms with Crippen LogP contribution in [-0.4, -0.2) is 114 Å². The first-order valence-corrected chi connectivity index (χ1v) is 20.6. The molecule has 0 aromatic carbocycles. The summed E-state index contributed by atoms with van der Waals surface area (Å²) in [6.07, 6.45) is 9.04. The number of aromatic amines is 2. The fourth-order valence-electron chi connectivity index (χ4n) is 8.21. The molecular weight excluding hydrogens is 713 g/mol. The molecule has 0 fully saturated rings. The van der Waals surface area contributed by atoms with E-state index in [0.717, 1.165) is 89.4 Å². The number of aromatic nitrogens is 4. The molecule has 0 spiro atoms. The number of H-pyrrole nitrogens is 2. The minimum absolute atomic E-state index is 0.0100. The lowest BCUT2D eigenvalue weighted by Crippen LogP contribution is -1.97. The van der Waals surface area contributed by atoms with Crippen LogP contribution in [0.15, 0.2) is 24.3 Å². The molecule has 0 saturated carbocycles. The van der Waals surface area contributed by atoms with Crippen molar-refractivity contribution in [3.05, 3.63) is 69.3 Å². The summed E-state index contributed by atoms with van der Waals surface area (Å²) < 4.78 is 0. The number of hydrogen-bond donors (Lipinski definition) is 10. The van der Waals surface area contributed by atoms with Gasteiger partial charge in [-0.2, -0.15) is 0 Å². The van der Waals surface area contributed by atoms with Crippen molar-refractivity contribution >= 4 is 44.4 Å². The van der Waals surface area contributed by atoms with Gasteiger partial charge in [-0.3, -0.25) is 0 Å². The van der Waals surface area contributed by atoms with Crippen LogP contribution in [0.2, 0.25) is 0 Å². The topological polar surface area (TPSA) is 219 Å². The second-order valence-electron chi connectivity index (χ2n) is 14.7. The van der Waals surface area contributed by atoms with Gasteiger partial charge in [0.1, 0.15) is 0 Å². The summed E-state index contributed by atoms with van der Waals surface area (Å²) in [4.78, 5) is 17.9. The third-order valence-corrected chi connectivity index (χ3v) is 10.8. The number of nitrogens with one attached hydrogen (secondary N) is 2. The van der Waals surface area contributed by atoms with Gasteiger partial charge in [0.25, 0.3) is 0 Å². The van der Waals surface area contributed by atoms with Gasteiger partial charge >= 0.3 is 0 Å². The molecule has 5 heterocycles. The lowest BCUT2D eigenvalue weighted by molar-refractivity contribution is 0.286. The molecule has 12 nitrogen and oxygen atoms in total. The van der Waals surface area contributed by atoms with E-state index >= 15 is 0 Å². The van der Waals surface area contributed by atoms with Crippen molar-refractivity contribution in [1.82, 2.24) is 19.9 Å². The number of nitrogens with zero attached hydrogens (tertiary/aromatic N) is 2. The van der Waals surface area contributed by atoms with Crippen LogP contribution in [0, 0.1) is 0 Å². The molecule has 0 amide bonds. The fourth-order valence-corrected chi connectivity index (χ4v) is 8.21. The van der Waals surface area contributed by atoms with Gasteiger partial charge in [-0.15, -0.1) is 0 Å². The van der Waals surface area contributed by atoms with Crippen LogP contribution in [-0.2, 0) is 25.7 Å². The molecule has 5 rings (SSSR count). The maximum atomic E-state index is 9.97. The first-order valence-electron chi connectivity index (χ1n) is 20.6. The molecule has 2 aliphatic rings. The predicted molar refractivity (Wildman–Crippen MR) is 222 cm³/mol. The van der Waals surface area contributed by atoms with Gasteiger partial charge in [0.2, 0.25) is 0 Å². The lowest BCUT2D eigenvalue weighted by Gasteiger charge is -2.09. The normalized spacial score (nSPS) is 13.1. The molecule has 0 aliphatic carbocycles. The number of aliphatic hydroxyl groups excluding tert-OH is 8. The van der Waals surface area contributed by atoms with Crippen LogP contribution in [0.3, 0.4) is 0 Å². The minimum atomic E-state index is 0.0100. The minimum Gasteiger partial charge on any atom is -0.396 e. The summed E-state index contributed by atoms with van der Waals surface area (Å²) in [5.74, 6) is 0. The molecule has 56 heavy (non-hydrogen) atoms. The number of fused-ring (bicyclic) bond motifs is 8. The number of rotatable bonds is 24. The zero-order valence-corrected chi connectivity index (χ0v) is 32.8. The molecule has 8 bridgehead atoms. The Hall–Kier alpha value is -3.72. The van der Waals surface area contributed by atoms with Crippen molar-refractivity contribution in [3.63, 3.8) is 0 Å². The molecule has 12 heteroatoms. The van der Waals surface area contributed by atoms with Crippen molar-refractivity contribution in [1.29, 1.82) is 0 Å². The van der Waals surface area contributed by atoms with E-state index in [4.69, 9.17) is 9.97 Å². The fraction of sp³-hybridized carbons (Fsp3) is 0.545. The van der Waals surface area contributed by atoms with Crippen LogP contribution in [0.25, 0.3) is 44.4 Å². The van der Waals surface area contributed by atoms with Gasteiger partial charge in [-0.25, -0.2) is 9.97 Å². The summed E-state index contributed by atoms with van der Waals surface area (Å²) >= 11 is 0. The van der Waals surface area contributed by atoms with Crippen molar-refractivity contribution in [2.45, 2.75) is 103 Å². The zero-order chi connectivity index (χ0) is 39.9. The Morgan fingerprint density at radius 1 is 0.304 bits per heavy atom. The van der Waals surface area contributed by atoms with Crippen molar-refractivity contribution in [3.8, 4) is 0 Å². The highest BCUT2D eigenvalue weighted by molar-refractivity contribution is 5.96. The highest BCUT2D eigenvalue weighted by Crippen LogP contribution is 2.41. The van der Waals surface area contributed by atoms with E-state index in [1.54, 1.807) is 0 Å². The number of aryl methyl sites for hydroxylation is 4. The van der Waals surface area contributed by atoms with Crippen LogP contribution in [0.4, 0.5) is 0 Å². The van der Waals surface area contributed by atoms with E-state index in [0.29, 0.717) is 103 Å². The summed E-state index contributed by atoms with van der Waals surface area (Å²) in [5.41, 5.74) is 14.6. The van der Waals surface area contributed by atoms with Crippen LogP contribution in [0.5, 0.6) is 0 Å². The molecule has 10 N–H and O–H groups in total. The molecule has 3 aromatic rings. The largest absolute Gasteiger partial charge is 0.396 e. The predicted octanol–water partition coefficient (Wildman–Crippen LogP) is 4.93. The third-order valence-electron chi connectivity index (χ3n) is 10.8. The number of aliphatic hydroxyl groups is 8. The molecule has 3 aromatic heterocycles. The van der Waals surface area contributed by atoms with Crippen molar-refractivity contribution < 1.29 is 40.9 Å². The SMILES string of the molecule is OCCCC1=C(CCCO)c2cc3[nH]c(cc4[nH]c(cc5nc(cc1n2)C(CCCO)=C5CCCO)c(CCCO)c4CCCO)c(CCCO)c3CCCO. The Morgan fingerprint density at radius 2 is 0.536 bits per heavy atom. The summed E-state index contributed by atoms with van der Waals surface area (Å²) in [5, 5.41) is 79.7. The maximum absolute atomic E-state index is 9.97. The van der Waals surface area contributed by atoms with E-state index in [9.17, 15) is 40.9 Å². The quantitative estimate of drug-likeness (QED) is 0.0592. The Morgan fingerprint density at radius 3 is 0.804 bits per heavy atom. The van der Waals surface area contributed by atoms with Gasteiger partial charge in [-0.05, 0) is 172 Å². The van der Waals surface area contributed by atoms with Gasteiger partial charge in [0, 0.05) is 74.9 Å². The molecule has 306 valence electrons. The Bertz CT molecular complexity index is 1840. The molecule has 0 saturated heterocycles. The lowest BCUT2D eigenvalue weighted by atomic mass is 9.94. The highest BCUT2D eigenvalue weighted by atomic mass is 16.3. The first-order chi connectivity index (χ1) is 27.5. The van der Waals surface area contributed by atoms with E-state index in [2.05, 4.69) is 28.2 Å². The van der Waals surface area contributed by atoms with Gasteiger partial charge < -0.3 is 50.8 Å². The van der Waals surface area contributed by atoms with E-state index in [-0.39, 0.29) is 52.9 Å². The standard InChI is InChI=1S/C44H62N4O8/c49-17-1-9-29-30(10-2-18-50)38-26-40-33(13-5-21-53)34(14-6-22-54)42(47-40)28-44-36(16-8-24-56)35(15-7-23-55)43(48-44)27-41-32(12-4-20-52)31(11-3-19-51)39(46-41)25-37(29)45-38/h25-28,45-46,49-56H,1-24H2. The summed E-state index contributed by atoms with van der Waals surface area (Å²) in [6, 6.07) is 8.23. The summed E-state index contributed by atoms with van der Waals surface area (Å²) in [6.45, 7) is 0.129. The van der Waals surface area contributed by atoms with Gasteiger partial charge in [-0.1, -0.05) is 0 Å². The Labute approximate surface area is 329 Å². The average Bonchev–Trinajstić information content (AvgIpc) is 3.90. The van der Waals surface area contributed by atoms with Crippen LogP contribution in [0.1, 0.15) is 122 Å². The first kappa shape index (κ1) is 43.4. The molecular formula is C44H62N4O8. The van der Waals surface area contributed by atoms with Crippen molar-refractivity contribution in [2.75, 3.05) is 52.9 Å². The third kappa shape index (κ3) is 10.4. The van der Waals surface area contributed by atoms with Crippen molar-refractivity contribution in [2.24, 2.45) is 0 Å². The van der Waals surface area contributed by atoms with Gasteiger partial charge in [0.15, 0.2) is 0 Å². The van der Waals surface area contributed by atoms with Crippen LogP contribution < -0.4 is 0 Å². The van der Waals surface area contributed by atoms with E-state index in [1.807, 2.05) is 6.07 Å². The molecule has 0 radical (unpaired) electrons. The zero-order valence-electron chi connectivity index (χ0n) is 32.8. The van der Waals surface area contributed by atoms with Gasteiger partial charge in [0.05, 0.1) is 22.8 Å². The highest BCUT2D eigenvalue weighted by Gasteiger charge is 2.25. The average molecular weight is 775 g/mol. The molecule has 0 atom stereocenters. The molecule has 2 aliphatic heterocycles. The second kappa shape index (κ2) is 22.3. The smallest absolute Gasteiger partial charge is 0.0694 e. The van der Waals surface area contributed by atoms with Crippen LogP contribution >= 0.6 is 0 Å².